The van der Waals surface area contributed by atoms with Crippen LogP contribution in [0.2, 0.25) is 0 Å². The van der Waals surface area contributed by atoms with Crippen molar-refractivity contribution in [2.45, 2.75) is 12.8 Å². The van der Waals surface area contributed by atoms with Gasteiger partial charge in [-0.15, -0.1) is 0 Å². The molecular weight excluding hydrogens is 200 g/mol. The molecule has 0 saturated carbocycles. The molecule has 16 heavy (non-hydrogen) atoms. The lowest BCUT2D eigenvalue weighted by Crippen LogP contribution is -2.22. The molecule has 0 saturated heterocycles. The molecule has 3 heteroatoms. The van der Waals surface area contributed by atoms with Crippen LogP contribution >= 0.6 is 0 Å². The lowest BCUT2D eigenvalue weighted by molar-refractivity contribution is -0.116. The Balaban J connectivity index is 2.26. The van der Waals surface area contributed by atoms with E-state index in [-0.39, 0.29) is 5.91 Å². The third-order valence-electron chi connectivity index (χ3n) is 2.16. The fourth-order valence-corrected chi connectivity index (χ4v) is 1.28. The van der Waals surface area contributed by atoms with Crippen molar-refractivity contribution in [1.82, 2.24) is 5.32 Å². The average molecular weight is 218 g/mol. The number of carbonyl (C=O) groups excluding carboxylic acids is 1. The van der Waals surface area contributed by atoms with Crippen LogP contribution in [-0.2, 0) is 4.79 Å². The summed E-state index contributed by atoms with van der Waals surface area (Å²) in [5.74, 6) is -0.0547. The maximum Gasteiger partial charge on any atom is 0.243 e. The van der Waals surface area contributed by atoms with Crippen molar-refractivity contribution < 1.29 is 4.79 Å². The SMILES string of the molecule is NCCCCNC(=O)C=Cc1ccccc1. The lowest BCUT2D eigenvalue weighted by atomic mass is 10.2. The van der Waals surface area contributed by atoms with Gasteiger partial charge in [0.2, 0.25) is 5.91 Å². The Kier molecular flexibility index (Phi) is 5.96. The fraction of sp³-hybridized carbons (Fsp3) is 0.308. The summed E-state index contributed by atoms with van der Waals surface area (Å²) in [7, 11) is 0. The smallest absolute Gasteiger partial charge is 0.243 e. The van der Waals surface area contributed by atoms with Gasteiger partial charge in [0.15, 0.2) is 0 Å². The van der Waals surface area contributed by atoms with Gasteiger partial charge in [-0.1, -0.05) is 30.3 Å². The van der Waals surface area contributed by atoms with E-state index in [1.807, 2.05) is 30.3 Å². The zero-order chi connectivity index (χ0) is 11.6. The van der Waals surface area contributed by atoms with Crippen molar-refractivity contribution >= 4 is 12.0 Å². The van der Waals surface area contributed by atoms with E-state index in [0.29, 0.717) is 13.1 Å². The highest BCUT2D eigenvalue weighted by molar-refractivity contribution is 5.91. The maximum atomic E-state index is 11.4. The zero-order valence-electron chi connectivity index (χ0n) is 9.36. The van der Waals surface area contributed by atoms with E-state index in [1.54, 1.807) is 12.2 Å². The third kappa shape index (κ3) is 5.32. The Morgan fingerprint density at radius 3 is 2.69 bits per heavy atom. The number of hydrogen-bond acceptors (Lipinski definition) is 2. The summed E-state index contributed by atoms with van der Waals surface area (Å²) in [5.41, 5.74) is 6.38. The molecule has 3 nitrogen and oxygen atoms in total. The first kappa shape index (κ1) is 12.5. The van der Waals surface area contributed by atoms with Crippen LogP contribution in [0.3, 0.4) is 0 Å². The predicted molar refractivity (Wildman–Crippen MR) is 66.8 cm³/mol. The van der Waals surface area contributed by atoms with Crippen LogP contribution in [0.25, 0.3) is 6.08 Å². The summed E-state index contributed by atoms with van der Waals surface area (Å²) < 4.78 is 0. The number of hydrogen-bond donors (Lipinski definition) is 2. The van der Waals surface area contributed by atoms with Gasteiger partial charge >= 0.3 is 0 Å². The minimum atomic E-state index is -0.0547. The van der Waals surface area contributed by atoms with E-state index in [4.69, 9.17) is 5.73 Å². The standard InChI is InChI=1S/C13H18N2O/c14-10-4-5-11-15-13(16)9-8-12-6-2-1-3-7-12/h1-3,6-9H,4-5,10-11,14H2,(H,15,16). The van der Waals surface area contributed by atoms with Crippen molar-refractivity contribution in [2.75, 3.05) is 13.1 Å². The quantitative estimate of drug-likeness (QED) is 0.562. The van der Waals surface area contributed by atoms with Crippen molar-refractivity contribution in [3.63, 3.8) is 0 Å². The molecule has 0 aliphatic carbocycles. The molecule has 3 N–H and O–H groups in total. The highest BCUT2D eigenvalue weighted by Gasteiger charge is 1.93. The molecule has 0 fully saturated rings. The lowest BCUT2D eigenvalue weighted by Gasteiger charge is -2.00. The molecule has 1 amide bonds. The Morgan fingerprint density at radius 2 is 2.00 bits per heavy atom. The minimum Gasteiger partial charge on any atom is -0.353 e. The van der Waals surface area contributed by atoms with Crippen LogP contribution in [0.4, 0.5) is 0 Å². The molecule has 0 aromatic heterocycles. The molecule has 0 radical (unpaired) electrons. The van der Waals surface area contributed by atoms with Gasteiger partial charge in [-0.3, -0.25) is 4.79 Å². The molecular formula is C13H18N2O. The first-order chi connectivity index (χ1) is 7.83. The Hall–Kier alpha value is -1.61. The van der Waals surface area contributed by atoms with Gasteiger partial charge in [-0.05, 0) is 31.0 Å². The van der Waals surface area contributed by atoms with Gasteiger partial charge in [0.1, 0.15) is 0 Å². The van der Waals surface area contributed by atoms with Gasteiger partial charge in [0.25, 0.3) is 0 Å². The van der Waals surface area contributed by atoms with Crippen LogP contribution in [0.1, 0.15) is 18.4 Å². The Morgan fingerprint density at radius 1 is 1.25 bits per heavy atom. The molecule has 1 rings (SSSR count). The molecule has 0 heterocycles. The van der Waals surface area contributed by atoms with E-state index in [9.17, 15) is 4.79 Å². The van der Waals surface area contributed by atoms with Crippen molar-refractivity contribution in [3.05, 3.63) is 42.0 Å². The van der Waals surface area contributed by atoms with Gasteiger partial charge in [0, 0.05) is 12.6 Å². The normalized spacial score (nSPS) is 10.6. The van der Waals surface area contributed by atoms with E-state index in [2.05, 4.69) is 5.32 Å². The minimum absolute atomic E-state index is 0.0547. The fourth-order valence-electron chi connectivity index (χ4n) is 1.28. The van der Waals surface area contributed by atoms with Crippen LogP contribution in [-0.4, -0.2) is 19.0 Å². The molecule has 86 valence electrons. The summed E-state index contributed by atoms with van der Waals surface area (Å²) >= 11 is 0. The number of benzene rings is 1. The first-order valence-electron chi connectivity index (χ1n) is 5.54. The number of amides is 1. The zero-order valence-corrected chi connectivity index (χ0v) is 9.36. The largest absolute Gasteiger partial charge is 0.353 e. The molecule has 1 aromatic carbocycles. The van der Waals surface area contributed by atoms with Crippen LogP contribution < -0.4 is 11.1 Å². The number of carbonyl (C=O) groups is 1. The highest BCUT2D eigenvalue weighted by atomic mass is 16.1. The average Bonchev–Trinajstić information content (AvgIpc) is 2.33. The summed E-state index contributed by atoms with van der Waals surface area (Å²) in [4.78, 5) is 11.4. The van der Waals surface area contributed by atoms with E-state index in [0.717, 1.165) is 18.4 Å². The van der Waals surface area contributed by atoms with Gasteiger partial charge in [-0.25, -0.2) is 0 Å². The van der Waals surface area contributed by atoms with Crippen molar-refractivity contribution in [1.29, 1.82) is 0 Å². The summed E-state index contributed by atoms with van der Waals surface area (Å²) in [6.45, 7) is 1.37. The second kappa shape index (κ2) is 7.65. The molecule has 0 aliphatic rings. The van der Waals surface area contributed by atoms with Gasteiger partial charge in [0.05, 0.1) is 0 Å². The molecule has 0 atom stereocenters. The van der Waals surface area contributed by atoms with Crippen LogP contribution in [0.5, 0.6) is 0 Å². The summed E-state index contributed by atoms with van der Waals surface area (Å²) in [6.07, 6.45) is 5.24. The number of rotatable bonds is 6. The third-order valence-corrected chi connectivity index (χ3v) is 2.16. The molecule has 0 unspecified atom stereocenters. The van der Waals surface area contributed by atoms with Crippen molar-refractivity contribution in [2.24, 2.45) is 5.73 Å². The maximum absolute atomic E-state index is 11.4. The number of nitrogens with one attached hydrogen (secondary N) is 1. The van der Waals surface area contributed by atoms with Crippen LogP contribution in [0.15, 0.2) is 36.4 Å². The predicted octanol–water partition coefficient (Wildman–Crippen LogP) is 1.55. The Labute approximate surface area is 96.3 Å². The topological polar surface area (TPSA) is 55.1 Å². The molecule has 0 bridgehead atoms. The molecule has 1 aromatic rings. The van der Waals surface area contributed by atoms with E-state index < -0.39 is 0 Å². The van der Waals surface area contributed by atoms with E-state index >= 15 is 0 Å². The first-order valence-corrected chi connectivity index (χ1v) is 5.54. The highest BCUT2D eigenvalue weighted by Crippen LogP contribution is 2.00. The van der Waals surface area contributed by atoms with Gasteiger partial charge in [-0.2, -0.15) is 0 Å². The number of nitrogens with two attached hydrogens (primary N) is 1. The Bertz CT molecular complexity index is 333. The monoisotopic (exact) mass is 218 g/mol. The van der Waals surface area contributed by atoms with Gasteiger partial charge < -0.3 is 11.1 Å². The second-order valence-corrected chi connectivity index (χ2v) is 3.53. The molecule has 0 aliphatic heterocycles. The van der Waals surface area contributed by atoms with Crippen LogP contribution in [0, 0.1) is 0 Å². The second-order valence-electron chi connectivity index (χ2n) is 3.53. The van der Waals surface area contributed by atoms with Crippen molar-refractivity contribution in [3.8, 4) is 0 Å². The number of unbranched alkanes of at least 4 members (excludes halogenated alkanes) is 1. The van der Waals surface area contributed by atoms with E-state index in [1.165, 1.54) is 0 Å². The molecule has 0 spiro atoms. The summed E-state index contributed by atoms with van der Waals surface area (Å²) in [5, 5.41) is 2.81. The summed E-state index contributed by atoms with van der Waals surface area (Å²) in [6, 6.07) is 9.75.